The molecule has 1 aliphatic heterocycles. The fraction of sp³-hybridized carbons (Fsp3) is 0.929. The standard InChI is InChI=1S/C14H28N2O2/c1-3-4-5-6-10-16(11-12-17)13(18)14(2)8-7-9-15-14/h15,17H,3-12H2,1-2H3. The van der Waals surface area contributed by atoms with Crippen molar-refractivity contribution in [2.75, 3.05) is 26.2 Å². The van der Waals surface area contributed by atoms with E-state index in [1.807, 2.05) is 11.8 Å². The Morgan fingerprint density at radius 3 is 2.67 bits per heavy atom. The molecule has 1 atom stereocenters. The molecule has 106 valence electrons. The summed E-state index contributed by atoms with van der Waals surface area (Å²) in [5.41, 5.74) is -0.403. The maximum Gasteiger partial charge on any atom is 0.242 e. The Bertz CT molecular complexity index is 250. The highest BCUT2D eigenvalue weighted by Gasteiger charge is 2.38. The van der Waals surface area contributed by atoms with E-state index in [2.05, 4.69) is 12.2 Å². The van der Waals surface area contributed by atoms with E-state index in [1.54, 1.807) is 0 Å². The van der Waals surface area contributed by atoms with Gasteiger partial charge in [0.1, 0.15) is 0 Å². The Labute approximate surface area is 111 Å². The lowest BCUT2D eigenvalue weighted by Gasteiger charge is -2.31. The van der Waals surface area contributed by atoms with E-state index in [1.165, 1.54) is 12.8 Å². The second-order valence-electron chi connectivity index (χ2n) is 5.44. The number of unbranched alkanes of at least 4 members (excludes halogenated alkanes) is 3. The summed E-state index contributed by atoms with van der Waals surface area (Å²) in [6, 6.07) is 0. The normalized spacial score (nSPS) is 23.3. The van der Waals surface area contributed by atoms with Gasteiger partial charge in [0, 0.05) is 13.1 Å². The van der Waals surface area contributed by atoms with Crippen LogP contribution in [0.4, 0.5) is 0 Å². The quantitative estimate of drug-likeness (QED) is 0.648. The van der Waals surface area contributed by atoms with Crippen LogP contribution in [0.2, 0.25) is 0 Å². The molecule has 0 saturated carbocycles. The number of carbonyl (C=O) groups is 1. The van der Waals surface area contributed by atoms with Crippen molar-refractivity contribution in [1.29, 1.82) is 0 Å². The van der Waals surface area contributed by atoms with Crippen LogP contribution in [-0.2, 0) is 4.79 Å². The number of rotatable bonds is 8. The third-order valence-electron chi connectivity index (χ3n) is 3.78. The average Bonchev–Trinajstić information content (AvgIpc) is 2.80. The summed E-state index contributed by atoms with van der Waals surface area (Å²) >= 11 is 0. The lowest BCUT2D eigenvalue weighted by Crippen LogP contribution is -2.53. The summed E-state index contributed by atoms with van der Waals surface area (Å²) in [5, 5.41) is 12.4. The maximum absolute atomic E-state index is 12.5. The van der Waals surface area contributed by atoms with Crippen LogP contribution in [0, 0.1) is 0 Å². The van der Waals surface area contributed by atoms with Gasteiger partial charge in [-0.3, -0.25) is 4.79 Å². The van der Waals surface area contributed by atoms with Gasteiger partial charge in [0.05, 0.1) is 12.1 Å². The summed E-state index contributed by atoms with van der Waals surface area (Å²) in [5.74, 6) is 0.158. The molecule has 0 bridgehead atoms. The minimum atomic E-state index is -0.403. The van der Waals surface area contributed by atoms with Crippen molar-refractivity contribution >= 4 is 5.91 Å². The van der Waals surface area contributed by atoms with Gasteiger partial charge in [0.25, 0.3) is 0 Å². The Morgan fingerprint density at radius 2 is 2.11 bits per heavy atom. The van der Waals surface area contributed by atoms with E-state index in [9.17, 15) is 4.79 Å². The molecule has 0 aromatic rings. The van der Waals surface area contributed by atoms with Crippen molar-refractivity contribution in [3.8, 4) is 0 Å². The number of aliphatic hydroxyl groups excluding tert-OH is 1. The molecule has 0 aromatic heterocycles. The molecule has 18 heavy (non-hydrogen) atoms. The minimum Gasteiger partial charge on any atom is -0.395 e. The number of nitrogens with zero attached hydrogens (tertiary/aromatic N) is 1. The van der Waals surface area contributed by atoms with E-state index >= 15 is 0 Å². The highest BCUT2D eigenvalue weighted by atomic mass is 16.3. The van der Waals surface area contributed by atoms with Crippen LogP contribution in [0.1, 0.15) is 52.4 Å². The topological polar surface area (TPSA) is 52.6 Å². The van der Waals surface area contributed by atoms with Gasteiger partial charge in [-0.15, -0.1) is 0 Å². The molecule has 1 aliphatic rings. The van der Waals surface area contributed by atoms with Gasteiger partial charge < -0.3 is 15.3 Å². The second-order valence-corrected chi connectivity index (χ2v) is 5.44. The number of hydrogen-bond acceptors (Lipinski definition) is 3. The van der Waals surface area contributed by atoms with Crippen LogP contribution in [0.5, 0.6) is 0 Å². The average molecular weight is 256 g/mol. The third kappa shape index (κ3) is 4.25. The summed E-state index contributed by atoms with van der Waals surface area (Å²) in [6.45, 7) is 6.37. The smallest absolute Gasteiger partial charge is 0.242 e. The fourth-order valence-corrected chi connectivity index (χ4v) is 2.59. The van der Waals surface area contributed by atoms with E-state index in [-0.39, 0.29) is 12.5 Å². The van der Waals surface area contributed by atoms with E-state index < -0.39 is 5.54 Å². The first-order chi connectivity index (χ1) is 8.64. The highest BCUT2D eigenvalue weighted by Crippen LogP contribution is 2.21. The van der Waals surface area contributed by atoms with Gasteiger partial charge in [-0.1, -0.05) is 26.2 Å². The molecule has 1 saturated heterocycles. The Hall–Kier alpha value is -0.610. The summed E-state index contributed by atoms with van der Waals surface area (Å²) in [4.78, 5) is 14.3. The van der Waals surface area contributed by atoms with Crippen molar-refractivity contribution < 1.29 is 9.90 Å². The van der Waals surface area contributed by atoms with Gasteiger partial charge in [-0.2, -0.15) is 0 Å². The van der Waals surface area contributed by atoms with Gasteiger partial charge >= 0.3 is 0 Å². The Morgan fingerprint density at radius 1 is 1.33 bits per heavy atom. The number of carbonyl (C=O) groups excluding carboxylic acids is 1. The maximum atomic E-state index is 12.5. The van der Waals surface area contributed by atoms with Crippen LogP contribution in [0.3, 0.4) is 0 Å². The van der Waals surface area contributed by atoms with Crippen molar-refractivity contribution in [3.63, 3.8) is 0 Å². The first-order valence-electron chi connectivity index (χ1n) is 7.29. The van der Waals surface area contributed by atoms with Crippen molar-refractivity contribution in [1.82, 2.24) is 10.2 Å². The van der Waals surface area contributed by atoms with Gasteiger partial charge in [0.2, 0.25) is 5.91 Å². The molecule has 1 fully saturated rings. The number of aliphatic hydroxyl groups is 1. The molecule has 0 spiro atoms. The van der Waals surface area contributed by atoms with Crippen LogP contribution in [-0.4, -0.2) is 47.7 Å². The van der Waals surface area contributed by atoms with Crippen molar-refractivity contribution in [2.45, 2.75) is 57.9 Å². The highest BCUT2D eigenvalue weighted by molar-refractivity contribution is 5.86. The first-order valence-corrected chi connectivity index (χ1v) is 7.29. The van der Waals surface area contributed by atoms with E-state index in [4.69, 9.17) is 5.11 Å². The van der Waals surface area contributed by atoms with E-state index in [0.717, 1.165) is 38.8 Å². The van der Waals surface area contributed by atoms with Crippen LogP contribution < -0.4 is 5.32 Å². The van der Waals surface area contributed by atoms with Crippen molar-refractivity contribution in [2.24, 2.45) is 0 Å². The fourth-order valence-electron chi connectivity index (χ4n) is 2.59. The summed E-state index contributed by atoms with van der Waals surface area (Å²) in [7, 11) is 0. The van der Waals surface area contributed by atoms with Crippen LogP contribution in [0.25, 0.3) is 0 Å². The lowest BCUT2D eigenvalue weighted by molar-refractivity contribution is -0.137. The Balaban J connectivity index is 2.46. The molecule has 0 aliphatic carbocycles. The molecule has 2 N–H and O–H groups in total. The molecular weight excluding hydrogens is 228 g/mol. The second kappa shape index (κ2) is 7.74. The molecule has 0 radical (unpaired) electrons. The van der Waals surface area contributed by atoms with Crippen LogP contribution >= 0.6 is 0 Å². The lowest BCUT2D eigenvalue weighted by atomic mass is 9.98. The van der Waals surface area contributed by atoms with Crippen molar-refractivity contribution in [3.05, 3.63) is 0 Å². The SMILES string of the molecule is CCCCCCN(CCO)C(=O)C1(C)CCCN1. The molecule has 1 heterocycles. The molecule has 4 heteroatoms. The molecular formula is C14H28N2O2. The minimum absolute atomic E-state index is 0.0512. The zero-order chi connectivity index (χ0) is 13.4. The van der Waals surface area contributed by atoms with E-state index in [0.29, 0.717) is 6.54 Å². The van der Waals surface area contributed by atoms with Gasteiger partial charge in [0.15, 0.2) is 0 Å². The molecule has 1 amide bonds. The molecule has 1 unspecified atom stereocenters. The number of nitrogens with one attached hydrogen (secondary N) is 1. The number of hydrogen-bond donors (Lipinski definition) is 2. The first kappa shape index (κ1) is 15.4. The zero-order valence-corrected chi connectivity index (χ0v) is 11.9. The predicted octanol–water partition coefficient (Wildman–Crippen LogP) is 1.53. The zero-order valence-electron chi connectivity index (χ0n) is 11.9. The summed E-state index contributed by atoms with van der Waals surface area (Å²) < 4.78 is 0. The molecule has 4 nitrogen and oxygen atoms in total. The number of amides is 1. The molecule has 1 rings (SSSR count). The van der Waals surface area contributed by atoms with Crippen LogP contribution in [0.15, 0.2) is 0 Å². The largest absolute Gasteiger partial charge is 0.395 e. The van der Waals surface area contributed by atoms with Gasteiger partial charge in [-0.25, -0.2) is 0 Å². The monoisotopic (exact) mass is 256 g/mol. The Kier molecular flexibility index (Phi) is 6.65. The predicted molar refractivity (Wildman–Crippen MR) is 73.4 cm³/mol. The third-order valence-corrected chi connectivity index (χ3v) is 3.78. The molecule has 0 aromatic carbocycles. The van der Waals surface area contributed by atoms with Gasteiger partial charge in [-0.05, 0) is 32.7 Å². The summed E-state index contributed by atoms with van der Waals surface area (Å²) in [6.07, 6.45) is 6.59.